The maximum absolute atomic E-state index is 13.5. The van der Waals surface area contributed by atoms with Gasteiger partial charge in [-0.15, -0.1) is 21.5 Å². The number of nitrogens with zero attached hydrogens (tertiary/aromatic N) is 2. The number of aromatic nitrogens is 2. The van der Waals surface area contributed by atoms with E-state index in [1.165, 1.54) is 39.7 Å². The highest BCUT2D eigenvalue weighted by Gasteiger charge is 2.19. The molecule has 2 aromatic heterocycles. The summed E-state index contributed by atoms with van der Waals surface area (Å²) in [5, 5.41) is 11.8. The molecule has 1 N–H and O–H groups in total. The molecule has 8 heteroatoms. The number of anilines is 1. The Hall–Kier alpha value is -2.16. The van der Waals surface area contributed by atoms with Gasteiger partial charge >= 0.3 is 0 Å². The lowest BCUT2D eigenvalue weighted by atomic mass is 10.1. The average Bonchev–Trinajstić information content (AvgIpc) is 3.23. The molecule has 4 rings (SSSR count). The molecule has 1 amide bonds. The molecule has 0 saturated carbocycles. The van der Waals surface area contributed by atoms with E-state index in [4.69, 9.17) is 4.74 Å². The highest BCUT2D eigenvalue weighted by atomic mass is 32.1. The number of aryl methyl sites for hydroxylation is 1. The first kappa shape index (κ1) is 16.3. The molecule has 0 spiro atoms. The summed E-state index contributed by atoms with van der Waals surface area (Å²) in [4.78, 5) is 14.3. The Morgan fingerprint density at radius 3 is 3.00 bits per heavy atom. The van der Waals surface area contributed by atoms with Crippen molar-refractivity contribution in [3.8, 4) is 10.6 Å². The number of thiophene rings is 1. The van der Waals surface area contributed by atoms with E-state index >= 15 is 0 Å². The van der Waals surface area contributed by atoms with Crippen LogP contribution in [0.2, 0.25) is 0 Å². The number of benzene rings is 1. The number of carbonyl (C=O) groups excluding carboxylic acids is 1. The van der Waals surface area contributed by atoms with Crippen LogP contribution in [0.25, 0.3) is 10.6 Å². The van der Waals surface area contributed by atoms with Crippen molar-refractivity contribution in [3.05, 3.63) is 51.0 Å². The average molecular weight is 375 g/mol. The summed E-state index contributed by atoms with van der Waals surface area (Å²) in [5.74, 6) is -0.536. The van der Waals surface area contributed by atoms with Crippen LogP contribution in [0.4, 0.5) is 9.52 Å². The molecule has 3 aromatic rings. The lowest BCUT2D eigenvalue weighted by Crippen LogP contribution is -2.09. The van der Waals surface area contributed by atoms with Crippen molar-refractivity contribution in [2.24, 2.45) is 0 Å². The van der Waals surface area contributed by atoms with Crippen LogP contribution in [0.15, 0.2) is 24.3 Å². The first-order valence-corrected chi connectivity index (χ1v) is 9.34. The van der Waals surface area contributed by atoms with E-state index in [9.17, 15) is 9.18 Å². The Morgan fingerprint density at radius 2 is 2.16 bits per heavy atom. The summed E-state index contributed by atoms with van der Waals surface area (Å²) in [7, 11) is 0. The number of nitrogens with one attached hydrogen (secondary N) is 1. The second kappa shape index (κ2) is 6.62. The maximum Gasteiger partial charge on any atom is 0.267 e. The summed E-state index contributed by atoms with van der Waals surface area (Å²) >= 11 is 2.71. The van der Waals surface area contributed by atoms with Crippen molar-refractivity contribution < 1.29 is 13.9 Å². The minimum absolute atomic E-state index is 0.210. The van der Waals surface area contributed by atoms with Gasteiger partial charge in [-0.25, -0.2) is 4.39 Å². The Labute approximate surface area is 151 Å². The molecule has 1 aliphatic heterocycles. The molecule has 0 bridgehead atoms. The molecule has 25 heavy (non-hydrogen) atoms. The van der Waals surface area contributed by atoms with Gasteiger partial charge in [-0.2, -0.15) is 0 Å². The standard InChI is InChI=1S/C17H14FN3O2S2/c1-9-2-3-11(18)7-12(9)16-20-21-17(25-16)19-15(22)14-6-10-8-23-5-4-13(10)24-14/h2-3,6-7H,4-5,8H2,1H3,(H,19,21,22). The van der Waals surface area contributed by atoms with E-state index in [0.717, 1.165) is 17.5 Å². The second-order valence-electron chi connectivity index (χ2n) is 5.69. The monoisotopic (exact) mass is 375 g/mol. The molecular formula is C17H14FN3O2S2. The van der Waals surface area contributed by atoms with Crippen molar-refractivity contribution in [1.29, 1.82) is 0 Å². The molecule has 0 saturated heterocycles. The predicted molar refractivity (Wildman–Crippen MR) is 95.7 cm³/mol. The van der Waals surface area contributed by atoms with Gasteiger partial charge in [0.2, 0.25) is 5.13 Å². The molecule has 0 radical (unpaired) electrons. The van der Waals surface area contributed by atoms with E-state index in [-0.39, 0.29) is 11.7 Å². The SMILES string of the molecule is Cc1ccc(F)cc1-c1nnc(NC(=O)c2cc3c(s2)CCOC3)s1. The molecule has 0 unspecified atom stereocenters. The van der Waals surface area contributed by atoms with Crippen LogP contribution in [-0.2, 0) is 17.8 Å². The largest absolute Gasteiger partial charge is 0.376 e. The number of amides is 1. The van der Waals surface area contributed by atoms with Gasteiger partial charge in [0.15, 0.2) is 0 Å². The van der Waals surface area contributed by atoms with Crippen LogP contribution < -0.4 is 5.32 Å². The Bertz CT molecular complexity index is 928. The molecule has 0 fully saturated rings. The van der Waals surface area contributed by atoms with Crippen molar-refractivity contribution in [2.45, 2.75) is 20.0 Å². The van der Waals surface area contributed by atoms with E-state index in [0.29, 0.717) is 33.8 Å². The van der Waals surface area contributed by atoms with Crippen molar-refractivity contribution in [1.82, 2.24) is 10.2 Å². The highest BCUT2D eigenvalue weighted by molar-refractivity contribution is 7.19. The van der Waals surface area contributed by atoms with E-state index < -0.39 is 0 Å². The summed E-state index contributed by atoms with van der Waals surface area (Å²) < 4.78 is 18.9. The van der Waals surface area contributed by atoms with Crippen LogP contribution in [0.3, 0.4) is 0 Å². The smallest absolute Gasteiger partial charge is 0.267 e. The first-order valence-electron chi connectivity index (χ1n) is 7.71. The zero-order valence-electron chi connectivity index (χ0n) is 13.3. The Balaban J connectivity index is 1.53. The molecule has 5 nitrogen and oxygen atoms in total. The van der Waals surface area contributed by atoms with Gasteiger partial charge in [0.25, 0.3) is 5.91 Å². The van der Waals surface area contributed by atoms with Gasteiger partial charge in [0.1, 0.15) is 10.8 Å². The van der Waals surface area contributed by atoms with Crippen LogP contribution in [0.1, 0.15) is 25.7 Å². The second-order valence-corrected chi connectivity index (χ2v) is 7.80. The van der Waals surface area contributed by atoms with E-state index in [1.54, 1.807) is 6.07 Å². The highest BCUT2D eigenvalue weighted by Crippen LogP contribution is 2.31. The third kappa shape index (κ3) is 3.33. The van der Waals surface area contributed by atoms with Crippen LogP contribution in [0.5, 0.6) is 0 Å². The zero-order valence-corrected chi connectivity index (χ0v) is 15.0. The summed E-state index contributed by atoms with van der Waals surface area (Å²) in [6, 6.07) is 6.40. The Morgan fingerprint density at radius 1 is 1.28 bits per heavy atom. The first-order chi connectivity index (χ1) is 12.1. The molecule has 0 atom stereocenters. The zero-order chi connectivity index (χ0) is 17.4. The summed E-state index contributed by atoms with van der Waals surface area (Å²) in [5.41, 5.74) is 2.66. The number of ether oxygens (including phenoxy) is 1. The lowest BCUT2D eigenvalue weighted by molar-refractivity contribution is 0.102. The van der Waals surface area contributed by atoms with E-state index in [2.05, 4.69) is 15.5 Å². The third-order valence-corrected chi connectivity index (χ3v) is 6.03. The minimum Gasteiger partial charge on any atom is -0.376 e. The van der Waals surface area contributed by atoms with Crippen molar-refractivity contribution >= 4 is 33.7 Å². The minimum atomic E-state index is -0.326. The number of carbonyl (C=O) groups is 1. The fourth-order valence-corrected chi connectivity index (χ4v) is 4.49. The number of fused-ring (bicyclic) bond motifs is 1. The topological polar surface area (TPSA) is 64.1 Å². The fourth-order valence-electron chi connectivity index (χ4n) is 2.63. The van der Waals surface area contributed by atoms with Crippen LogP contribution in [-0.4, -0.2) is 22.7 Å². The van der Waals surface area contributed by atoms with E-state index in [1.807, 2.05) is 13.0 Å². The van der Waals surface area contributed by atoms with Gasteiger partial charge in [-0.05, 0) is 36.2 Å². The van der Waals surface area contributed by atoms with Gasteiger partial charge in [0, 0.05) is 16.9 Å². The van der Waals surface area contributed by atoms with Crippen LogP contribution in [0, 0.1) is 12.7 Å². The number of hydrogen-bond donors (Lipinski definition) is 1. The third-order valence-electron chi connectivity index (χ3n) is 3.93. The lowest BCUT2D eigenvalue weighted by Gasteiger charge is -2.10. The molecule has 0 aliphatic carbocycles. The van der Waals surface area contributed by atoms with Gasteiger partial charge < -0.3 is 4.74 Å². The van der Waals surface area contributed by atoms with Gasteiger partial charge in [0.05, 0.1) is 18.1 Å². The van der Waals surface area contributed by atoms with Gasteiger partial charge in [-0.1, -0.05) is 17.4 Å². The van der Waals surface area contributed by atoms with Crippen molar-refractivity contribution in [3.63, 3.8) is 0 Å². The Kier molecular flexibility index (Phi) is 4.32. The molecule has 128 valence electrons. The molecule has 1 aliphatic rings. The maximum atomic E-state index is 13.5. The number of hydrogen-bond acceptors (Lipinski definition) is 6. The summed E-state index contributed by atoms with van der Waals surface area (Å²) in [6.45, 7) is 3.13. The number of halogens is 1. The quantitative estimate of drug-likeness (QED) is 0.750. The summed E-state index contributed by atoms with van der Waals surface area (Å²) in [6.07, 6.45) is 0.842. The predicted octanol–water partition coefficient (Wildman–Crippen LogP) is 4.04. The van der Waals surface area contributed by atoms with Crippen LogP contribution >= 0.6 is 22.7 Å². The van der Waals surface area contributed by atoms with Gasteiger partial charge in [-0.3, -0.25) is 10.1 Å². The molecule has 1 aromatic carbocycles. The number of rotatable bonds is 3. The molecule has 3 heterocycles. The molecular weight excluding hydrogens is 361 g/mol. The normalized spacial score (nSPS) is 13.5. The fraction of sp³-hybridized carbons (Fsp3) is 0.235. The van der Waals surface area contributed by atoms with Crippen molar-refractivity contribution in [2.75, 3.05) is 11.9 Å².